The largest absolute Gasteiger partial charge is 0.452 e. The minimum absolute atomic E-state index is 0.0858. The number of anilines is 1. The van der Waals surface area contributed by atoms with Gasteiger partial charge in [-0.2, -0.15) is 5.26 Å². The first-order valence-corrected chi connectivity index (χ1v) is 9.77. The molecule has 29 heavy (non-hydrogen) atoms. The van der Waals surface area contributed by atoms with Crippen molar-refractivity contribution < 1.29 is 14.3 Å². The van der Waals surface area contributed by atoms with E-state index < -0.39 is 18.0 Å². The number of carbonyl (C=O) groups is 2. The van der Waals surface area contributed by atoms with Crippen molar-refractivity contribution in [2.45, 2.75) is 26.0 Å². The van der Waals surface area contributed by atoms with Crippen molar-refractivity contribution in [3.05, 3.63) is 56.9 Å². The Labute approximate surface area is 174 Å². The summed E-state index contributed by atoms with van der Waals surface area (Å²) in [5.41, 5.74) is 0.436. The number of benzene rings is 1. The number of rotatable bonds is 6. The topological polar surface area (TPSA) is 114 Å². The van der Waals surface area contributed by atoms with Crippen LogP contribution in [0.4, 0.5) is 5.69 Å². The van der Waals surface area contributed by atoms with Crippen molar-refractivity contribution in [1.82, 2.24) is 9.55 Å². The second-order valence-corrected chi connectivity index (χ2v) is 7.36. The number of hydrogen-bond acceptors (Lipinski definition) is 7. The SMILES string of the molecule is CC(OC(=O)CCn1cnc2sccc2c1=O)C(=O)Nc1ccc(C#N)c(Cl)c1. The number of halogens is 1. The molecular weight excluding hydrogens is 416 g/mol. The highest BCUT2D eigenvalue weighted by molar-refractivity contribution is 7.16. The molecule has 2 heterocycles. The number of thiophene rings is 1. The van der Waals surface area contributed by atoms with Gasteiger partial charge in [-0.3, -0.25) is 19.0 Å². The van der Waals surface area contributed by atoms with Gasteiger partial charge in [0.05, 0.1) is 28.7 Å². The van der Waals surface area contributed by atoms with Gasteiger partial charge in [0.2, 0.25) is 0 Å². The third-order valence-corrected chi connectivity index (χ3v) is 5.18. The third-order valence-electron chi connectivity index (χ3n) is 4.04. The summed E-state index contributed by atoms with van der Waals surface area (Å²) in [5, 5.41) is 13.9. The van der Waals surface area contributed by atoms with E-state index in [2.05, 4.69) is 10.3 Å². The van der Waals surface area contributed by atoms with Gasteiger partial charge in [0.25, 0.3) is 11.5 Å². The number of esters is 1. The molecule has 1 unspecified atom stereocenters. The first kappa shape index (κ1) is 20.5. The van der Waals surface area contributed by atoms with Gasteiger partial charge in [-0.25, -0.2) is 4.98 Å². The number of nitrogens with zero attached hydrogens (tertiary/aromatic N) is 3. The number of fused-ring (bicyclic) bond motifs is 1. The summed E-state index contributed by atoms with van der Waals surface area (Å²) in [5.74, 6) is -1.17. The molecule has 0 saturated carbocycles. The number of nitrogens with one attached hydrogen (secondary N) is 1. The van der Waals surface area contributed by atoms with E-state index in [1.165, 1.54) is 47.4 Å². The molecule has 1 amide bonds. The van der Waals surface area contributed by atoms with Gasteiger partial charge in [-0.05, 0) is 36.6 Å². The Bertz CT molecular complexity index is 1180. The predicted octanol–water partition coefficient (Wildman–Crippen LogP) is 2.94. The van der Waals surface area contributed by atoms with Crippen molar-refractivity contribution in [3.8, 4) is 6.07 Å². The van der Waals surface area contributed by atoms with Crippen LogP contribution in [0.15, 0.2) is 40.8 Å². The van der Waals surface area contributed by atoms with Crippen LogP contribution in [-0.4, -0.2) is 27.5 Å². The van der Waals surface area contributed by atoms with Crippen molar-refractivity contribution in [2.75, 3.05) is 5.32 Å². The molecule has 0 aliphatic rings. The molecule has 3 aromatic rings. The van der Waals surface area contributed by atoms with Crippen molar-refractivity contribution >= 4 is 50.7 Å². The summed E-state index contributed by atoms with van der Waals surface area (Å²) in [6, 6.07) is 8.05. The Kier molecular flexibility index (Phi) is 6.26. The summed E-state index contributed by atoms with van der Waals surface area (Å²) in [4.78, 5) is 41.4. The van der Waals surface area contributed by atoms with E-state index in [9.17, 15) is 14.4 Å². The van der Waals surface area contributed by atoms with Gasteiger partial charge in [0.15, 0.2) is 6.10 Å². The molecular formula is C19H15ClN4O4S. The number of aromatic nitrogens is 2. The fraction of sp³-hybridized carbons (Fsp3) is 0.211. The number of aryl methyl sites for hydroxylation is 1. The molecule has 8 nitrogen and oxygen atoms in total. The van der Waals surface area contributed by atoms with Crippen LogP contribution in [0.3, 0.4) is 0 Å². The van der Waals surface area contributed by atoms with E-state index in [4.69, 9.17) is 21.6 Å². The number of hydrogen-bond donors (Lipinski definition) is 1. The zero-order chi connectivity index (χ0) is 21.0. The summed E-state index contributed by atoms with van der Waals surface area (Å²) < 4.78 is 6.46. The van der Waals surface area contributed by atoms with Crippen LogP contribution >= 0.6 is 22.9 Å². The quantitative estimate of drug-likeness (QED) is 0.601. The Morgan fingerprint density at radius 3 is 2.93 bits per heavy atom. The van der Waals surface area contributed by atoms with Crippen LogP contribution in [0.1, 0.15) is 18.9 Å². The number of nitriles is 1. The Hall–Kier alpha value is -3.22. The summed E-state index contributed by atoms with van der Waals surface area (Å²) in [6.45, 7) is 1.53. The van der Waals surface area contributed by atoms with Crippen LogP contribution < -0.4 is 10.9 Å². The molecule has 0 fully saturated rings. The van der Waals surface area contributed by atoms with Gasteiger partial charge in [-0.1, -0.05) is 11.6 Å². The minimum atomic E-state index is -1.05. The fourth-order valence-electron chi connectivity index (χ4n) is 2.50. The number of amides is 1. The van der Waals surface area contributed by atoms with Gasteiger partial charge in [0.1, 0.15) is 10.9 Å². The molecule has 1 N–H and O–H groups in total. The van der Waals surface area contributed by atoms with Gasteiger partial charge < -0.3 is 10.1 Å². The van der Waals surface area contributed by atoms with Crippen molar-refractivity contribution in [1.29, 1.82) is 5.26 Å². The van der Waals surface area contributed by atoms with Gasteiger partial charge in [-0.15, -0.1) is 11.3 Å². The zero-order valence-electron chi connectivity index (χ0n) is 15.2. The van der Waals surface area contributed by atoms with Crippen LogP contribution in [0, 0.1) is 11.3 Å². The predicted molar refractivity (Wildman–Crippen MR) is 109 cm³/mol. The standard InChI is InChI=1S/C19H15ClN4O4S/c1-11(17(26)23-13-3-2-12(9-21)15(20)8-13)28-16(25)4-6-24-10-22-18-14(19(24)27)5-7-29-18/h2-3,5,7-8,10-11H,4,6H2,1H3,(H,23,26). The Morgan fingerprint density at radius 2 is 2.21 bits per heavy atom. The van der Waals surface area contributed by atoms with E-state index in [1.807, 2.05) is 6.07 Å². The molecule has 0 bridgehead atoms. The highest BCUT2D eigenvalue weighted by Gasteiger charge is 2.18. The van der Waals surface area contributed by atoms with Crippen LogP contribution in [-0.2, 0) is 20.9 Å². The lowest BCUT2D eigenvalue weighted by Gasteiger charge is -2.14. The van der Waals surface area contributed by atoms with Crippen molar-refractivity contribution in [2.24, 2.45) is 0 Å². The first-order valence-electron chi connectivity index (χ1n) is 8.51. The van der Waals surface area contributed by atoms with Crippen molar-refractivity contribution in [3.63, 3.8) is 0 Å². The van der Waals surface area contributed by atoms with E-state index in [1.54, 1.807) is 11.4 Å². The summed E-state index contributed by atoms with van der Waals surface area (Å²) in [6.07, 6.45) is 0.252. The van der Waals surface area contributed by atoms with E-state index in [0.29, 0.717) is 15.9 Å². The maximum Gasteiger partial charge on any atom is 0.308 e. The second kappa shape index (κ2) is 8.86. The van der Waals surface area contributed by atoms with Crippen LogP contribution in [0.25, 0.3) is 10.2 Å². The number of carbonyl (C=O) groups excluding carboxylic acids is 2. The van der Waals surface area contributed by atoms with E-state index in [-0.39, 0.29) is 29.1 Å². The highest BCUT2D eigenvalue weighted by Crippen LogP contribution is 2.20. The van der Waals surface area contributed by atoms with E-state index >= 15 is 0 Å². The minimum Gasteiger partial charge on any atom is -0.452 e. The molecule has 3 rings (SSSR count). The third kappa shape index (κ3) is 4.80. The molecule has 0 spiro atoms. The molecule has 0 aliphatic heterocycles. The molecule has 0 aliphatic carbocycles. The normalized spacial score (nSPS) is 11.6. The molecule has 0 saturated heterocycles. The summed E-state index contributed by atoms with van der Waals surface area (Å²) in [7, 11) is 0. The second-order valence-electron chi connectivity index (χ2n) is 6.06. The highest BCUT2D eigenvalue weighted by atomic mass is 35.5. The lowest BCUT2D eigenvalue weighted by molar-refractivity contribution is -0.153. The maximum absolute atomic E-state index is 12.3. The lowest BCUT2D eigenvalue weighted by atomic mass is 10.2. The molecule has 0 radical (unpaired) electrons. The fourth-order valence-corrected chi connectivity index (χ4v) is 3.45. The average molecular weight is 431 g/mol. The first-order chi connectivity index (χ1) is 13.9. The smallest absolute Gasteiger partial charge is 0.308 e. The maximum atomic E-state index is 12.3. The monoisotopic (exact) mass is 430 g/mol. The Morgan fingerprint density at radius 1 is 1.41 bits per heavy atom. The van der Waals surface area contributed by atoms with Gasteiger partial charge >= 0.3 is 5.97 Å². The molecule has 10 heteroatoms. The van der Waals surface area contributed by atoms with E-state index in [0.717, 1.165) is 0 Å². The molecule has 148 valence electrons. The van der Waals surface area contributed by atoms with Crippen LogP contribution in [0.5, 0.6) is 0 Å². The Balaban J connectivity index is 1.54. The molecule has 1 aromatic carbocycles. The van der Waals surface area contributed by atoms with Gasteiger partial charge in [0, 0.05) is 12.2 Å². The number of ether oxygens (including phenoxy) is 1. The lowest BCUT2D eigenvalue weighted by Crippen LogP contribution is -2.30. The molecule has 2 aromatic heterocycles. The zero-order valence-corrected chi connectivity index (χ0v) is 16.8. The average Bonchev–Trinajstić information content (AvgIpc) is 3.17. The van der Waals surface area contributed by atoms with Crippen LogP contribution in [0.2, 0.25) is 5.02 Å². The molecule has 1 atom stereocenters. The summed E-state index contributed by atoms with van der Waals surface area (Å²) >= 11 is 7.29.